The van der Waals surface area contributed by atoms with Crippen LogP contribution in [0.15, 0.2) is 34.7 Å². The van der Waals surface area contributed by atoms with Gasteiger partial charge in [-0.3, -0.25) is 0 Å². The Morgan fingerprint density at radius 3 is 2.79 bits per heavy atom. The van der Waals surface area contributed by atoms with Gasteiger partial charge in [-0.05, 0) is 26.1 Å². The van der Waals surface area contributed by atoms with E-state index >= 15 is 0 Å². The fraction of sp³-hybridized carbons (Fsp3) is 0.385. The first-order chi connectivity index (χ1) is 9.29. The molecule has 0 aliphatic rings. The van der Waals surface area contributed by atoms with Crippen molar-refractivity contribution in [1.29, 1.82) is 0 Å². The summed E-state index contributed by atoms with van der Waals surface area (Å²) in [5.74, 6) is 1.41. The predicted molar refractivity (Wildman–Crippen MR) is 72.2 cm³/mol. The van der Waals surface area contributed by atoms with Gasteiger partial charge >= 0.3 is 6.01 Å². The minimum Gasteiger partial charge on any atom is -0.492 e. The number of hydrogen-bond acceptors (Lipinski definition) is 6. The van der Waals surface area contributed by atoms with Crippen molar-refractivity contribution in [2.75, 3.05) is 25.5 Å². The second-order valence-electron chi connectivity index (χ2n) is 4.04. The third-order valence-corrected chi connectivity index (χ3v) is 2.63. The molecule has 1 atom stereocenters. The maximum absolute atomic E-state index is 5.54. The summed E-state index contributed by atoms with van der Waals surface area (Å²) >= 11 is 0. The molecule has 19 heavy (non-hydrogen) atoms. The fourth-order valence-electron chi connectivity index (χ4n) is 1.45. The molecule has 2 N–H and O–H groups in total. The van der Waals surface area contributed by atoms with Crippen molar-refractivity contribution in [3.63, 3.8) is 0 Å². The van der Waals surface area contributed by atoms with E-state index in [1.54, 1.807) is 0 Å². The zero-order chi connectivity index (χ0) is 13.5. The molecule has 6 heteroatoms. The van der Waals surface area contributed by atoms with Crippen LogP contribution >= 0.6 is 0 Å². The highest BCUT2D eigenvalue weighted by atomic mass is 16.5. The van der Waals surface area contributed by atoms with Crippen LogP contribution in [0.3, 0.4) is 0 Å². The molecule has 1 aromatic heterocycles. The zero-order valence-corrected chi connectivity index (χ0v) is 11.1. The highest BCUT2D eigenvalue weighted by molar-refractivity contribution is 5.21. The minimum absolute atomic E-state index is 0.0450. The monoisotopic (exact) mass is 262 g/mol. The van der Waals surface area contributed by atoms with Gasteiger partial charge < -0.3 is 19.8 Å². The second-order valence-corrected chi connectivity index (χ2v) is 4.04. The molecule has 1 unspecified atom stereocenters. The number of rotatable bonds is 7. The molecule has 0 bridgehead atoms. The van der Waals surface area contributed by atoms with Gasteiger partial charge in [-0.25, -0.2) is 0 Å². The summed E-state index contributed by atoms with van der Waals surface area (Å²) in [4.78, 5) is 0. The Labute approximate surface area is 112 Å². The van der Waals surface area contributed by atoms with Crippen molar-refractivity contribution in [2.24, 2.45) is 0 Å². The van der Waals surface area contributed by atoms with E-state index in [2.05, 4.69) is 20.8 Å². The number of para-hydroxylation sites is 1. The Morgan fingerprint density at radius 2 is 2.05 bits per heavy atom. The lowest BCUT2D eigenvalue weighted by Gasteiger charge is -2.05. The lowest BCUT2D eigenvalue weighted by atomic mass is 10.3. The Balaban J connectivity index is 1.72. The minimum atomic E-state index is 0.0450. The molecule has 0 spiro atoms. The van der Waals surface area contributed by atoms with Crippen LogP contribution in [0, 0.1) is 0 Å². The summed E-state index contributed by atoms with van der Waals surface area (Å²) in [7, 11) is 1.84. The van der Waals surface area contributed by atoms with Gasteiger partial charge in [0.1, 0.15) is 12.4 Å². The van der Waals surface area contributed by atoms with Crippen LogP contribution in [0.25, 0.3) is 0 Å². The quantitative estimate of drug-likeness (QED) is 0.742. The molecule has 2 rings (SSSR count). The van der Waals surface area contributed by atoms with E-state index in [1.807, 2.05) is 44.3 Å². The van der Waals surface area contributed by atoms with Gasteiger partial charge in [0.25, 0.3) is 0 Å². The molecule has 1 aromatic carbocycles. The smallest absolute Gasteiger partial charge is 0.315 e. The molecule has 2 aromatic rings. The number of ether oxygens (including phenoxy) is 1. The van der Waals surface area contributed by atoms with Crippen molar-refractivity contribution >= 4 is 6.01 Å². The maximum Gasteiger partial charge on any atom is 0.315 e. The summed E-state index contributed by atoms with van der Waals surface area (Å²) in [6, 6.07) is 10.1. The van der Waals surface area contributed by atoms with E-state index in [-0.39, 0.29) is 6.04 Å². The number of anilines is 1. The molecule has 0 amide bonds. The number of hydrogen-bond donors (Lipinski definition) is 2. The topological polar surface area (TPSA) is 72.2 Å². The van der Waals surface area contributed by atoms with E-state index in [4.69, 9.17) is 9.15 Å². The molecular weight excluding hydrogens is 244 g/mol. The molecule has 102 valence electrons. The van der Waals surface area contributed by atoms with Gasteiger partial charge in [-0.1, -0.05) is 23.3 Å². The largest absolute Gasteiger partial charge is 0.492 e. The molecule has 0 radical (unpaired) electrons. The van der Waals surface area contributed by atoms with E-state index in [0.29, 0.717) is 25.1 Å². The average molecular weight is 262 g/mol. The van der Waals surface area contributed by atoms with Gasteiger partial charge in [-0.2, -0.15) is 0 Å². The van der Waals surface area contributed by atoms with Crippen LogP contribution in [0.1, 0.15) is 18.9 Å². The van der Waals surface area contributed by atoms with E-state index in [0.717, 1.165) is 5.75 Å². The average Bonchev–Trinajstić information content (AvgIpc) is 2.93. The SMILES string of the molecule is CNC(C)c1nnc(NCCOc2ccccc2)o1. The first-order valence-electron chi connectivity index (χ1n) is 6.22. The molecule has 0 aliphatic carbocycles. The van der Waals surface area contributed by atoms with Gasteiger partial charge in [-0.15, -0.1) is 5.10 Å². The highest BCUT2D eigenvalue weighted by Crippen LogP contribution is 2.12. The predicted octanol–water partition coefficient (Wildman–Crippen LogP) is 1.84. The van der Waals surface area contributed by atoms with Crippen LogP contribution in [0.2, 0.25) is 0 Å². The first kappa shape index (κ1) is 13.4. The summed E-state index contributed by atoms with van der Waals surface area (Å²) in [6.07, 6.45) is 0. The summed E-state index contributed by atoms with van der Waals surface area (Å²) in [6.45, 7) is 3.09. The van der Waals surface area contributed by atoms with Crippen LogP contribution < -0.4 is 15.4 Å². The zero-order valence-electron chi connectivity index (χ0n) is 11.1. The second kappa shape index (κ2) is 6.75. The molecule has 0 fully saturated rings. The van der Waals surface area contributed by atoms with Crippen molar-refractivity contribution in [1.82, 2.24) is 15.5 Å². The lowest BCUT2D eigenvalue weighted by Crippen LogP contribution is -2.12. The third kappa shape index (κ3) is 3.96. The van der Waals surface area contributed by atoms with E-state index < -0.39 is 0 Å². The Morgan fingerprint density at radius 1 is 1.26 bits per heavy atom. The highest BCUT2D eigenvalue weighted by Gasteiger charge is 2.11. The Bertz CT molecular complexity index is 486. The van der Waals surface area contributed by atoms with Crippen molar-refractivity contribution in [3.8, 4) is 5.75 Å². The third-order valence-electron chi connectivity index (χ3n) is 2.63. The van der Waals surface area contributed by atoms with Gasteiger partial charge in [0.2, 0.25) is 5.89 Å². The Hall–Kier alpha value is -2.08. The van der Waals surface area contributed by atoms with Crippen LogP contribution in [-0.4, -0.2) is 30.4 Å². The molecule has 6 nitrogen and oxygen atoms in total. The van der Waals surface area contributed by atoms with Gasteiger partial charge in [0, 0.05) is 0 Å². The molecule has 0 aliphatic heterocycles. The normalized spacial score (nSPS) is 12.1. The number of benzene rings is 1. The maximum atomic E-state index is 5.54. The molecule has 1 heterocycles. The summed E-state index contributed by atoms with van der Waals surface area (Å²) < 4.78 is 11.0. The summed E-state index contributed by atoms with van der Waals surface area (Å²) in [5.41, 5.74) is 0. The standard InChI is InChI=1S/C13H18N4O2/c1-10(14-2)12-16-17-13(19-12)15-8-9-18-11-6-4-3-5-7-11/h3-7,10,14H,8-9H2,1-2H3,(H,15,17). The van der Waals surface area contributed by atoms with Crippen molar-refractivity contribution in [3.05, 3.63) is 36.2 Å². The molecular formula is C13H18N4O2. The lowest BCUT2D eigenvalue weighted by molar-refractivity contribution is 0.331. The fourth-order valence-corrected chi connectivity index (χ4v) is 1.45. The number of nitrogens with zero attached hydrogens (tertiary/aromatic N) is 2. The number of aromatic nitrogens is 2. The van der Waals surface area contributed by atoms with Crippen LogP contribution in [0.4, 0.5) is 6.01 Å². The number of nitrogens with one attached hydrogen (secondary N) is 2. The van der Waals surface area contributed by atoms with Crippen molar-refractivity contribution < 1.29 is 9.15 Å². The molecule has 0 saturated heterocycles. The van der Waals surface area contributed by atoms with E-state index in [9.17, 15) is 0 Å². The first-order valence-corrected chi connectivity index (χ1v) is 6.22. The van der Waals surface area contributed by atoms with Gasteiger partial charge in [0.05, 0.1) is 12.6 Å². The van der Waals surface area contributed by atoms with Crippen molar-refractivity contribution in [2.45, 2.75) is 13.0 Å². The summed E-state index contributed by atoms with van der Waals surface area (Å²) in [5, 5.41) is 13.9. The Kier molecular flexibility index (Phi) is 4.74. The van der Waals surface area contributed by atoms with Crippen LogP contribution in [0.5, 0.6) is 5.75 Å². The van der Waals surface area contributed by atoms with E-state index in [1.165, 1.54) is 0 Å². The van der Waals surface area contributed by atoms with Crippen LogP contribution in [-0.2, 0) is 0 Å². The van der Waals surface area contributed by atoms with Gasteiger partial charge in [0.15, 0.2) is 0 Å². The molecule has 0 saturated carbocycles.